The summed E-state index contributed by atoms with van der Waals surface area (Å²) in [7, 11) is -3.72. The molecule has 1 aliphatic heterocycles. The smallest absolute Gasteiger partial charge is 0.316 e. The van der Waals surface area contributed by atoms with E-state index in [0.717, 1.165) is 36.1 Å². The van der Waals surface area contributed by atoms with Crippen LogP contribution in [-0.4, -0.2) is 60.2 Å². The first-order chi connectivity index (χ1) is 19.5. The van der Waals surface area contributed by atoms with Gasteiger partial charge in [0.15, 0.2) is 0 Å². The highest BCUT2D eigenvalue weighted by molar-refractivity contribution is 7.88. The van der Waals surface area contributed by atoms with E-state index in [0.29, 0.717) is 23.9 Å². The van der Waals surface area contributed by atoms with Gasteiger partial charge in [0.05, 0.1) is 29.2 Å². The maximum atomic E-state index is 13.9. The number of benzene rings is 2. The Hall–Kier alpha value is -3.91. The Morgan fingerprint density at radius 2 is 1.68 bits per heavy atom. The minimum atomic E-state index is -3.72. The van der Waals surface area contributed by atoms with Crippen molar-refractivity contribution in [2.45, 2.75) is 31.9 Å². The average molecular weight is 590 g/mol. The third-order valence-electron chi connectivity index (χ3n) is 7.71. The molecule has 218 valence electrons. The van der Waals surface area contributed by atoms with Crippen molar-refractivity contribution in [2.24, 2.45) is 5.41 Å². The molecule has 2 heterocycles. The fraction of sp³-hybridized carbons (Fsp3) is 0.407. The van der Waals surface area contributed by atoms with Crippen molar-refractivity contribution in [2.75, 3.05) is 37.7 Å². The Bertz CT molecular complexity index is 1600. The van der Waals surface area contributed by atoms with Crippen LogP contribution in [0.2, 0.25) is 0 Å². The molecule has 2 aliphatic rings. The first kappa shape index (κ1) is 28.6. The molecule has 0 radical (unpaired) electrons. The van der Waals surface area contributed by atoms with Gasteiger partial charge >= 0.3 is 5.56 Å². The van der Waals surface area contributed by atoms with E-state index in [9.17, 15) is 32.1 Å². The van der Waals surface area contributed by atoms with Crippen LogP contribution in [0.4, 0.5) is 20.2 Å². The van der Waals surface area contributed by atoms with Gasteiger partial charge in [-0.1, -0.05) is 19.1 Å². The average Bonchev–Trinajstić information content (AvgIpc) is 3.72. The zero-order chi connectivity index (χ0) is 29.4. The Morgan fingerprint density at radius 1 is 1.05 bits per heavy atom. The van der Waals surface area contributed by atoms with Crippen molar-refractivity contribution in [3.8, 4) is 11.4 Å². The molecule has 14 heteroatoms. The lowest BCUT2D eigenvalue weighted by molar-refractivity contribution is -0.384. The Kier molecular flexibility index (Phi) is 7.79. The topological polar surface area (TPSA) is 128 Å². The molecule has 0 amide bonds. The molecule has 0 N–H and O–H groups in total. The molecule has 0 unspecified atom stereocenters. The van der Waals surface area contributed by atoms with Crippen molar-refractivity contribution in [1.29, 1.82) is 0 Å². The third-order valence-corrected chi connectivity index (χ3v) is 9.56. The number of ether oxygens (including phenoxy) is 1. The molecule has 1 saturated carbocycles. The van der Waals surface area contributed by atoms with E-state index in [1.54, 1.807) is 0 Å². The molecule has 11 nitrogen and oxygen atoms in total. The van der Waals surface area contributed by atoms with E-state index >= 15 is 0 Å². The Balaban J connectivity index is 1.36. The van der Waals surface area contributed by atoms with Gasteiger partial charge in [-0.05, 0) is 37.0 Å². The van der Waals surface area contributed by atoms with Crippen LogP contribution >= 0.6 is 0 Å². The van der Waals surface area contributed by atoms with E-state index < -0.39 is 32.1 Å². The van der Waals surface area contributed by atoms with E-state index in [2.05, 4.69) is 5.10 Å². The van der Waals surface area contributed by atoms with Gasteiger partial charge in [-0.25, -0.2) is 17.2 Å². The van der Waals surface area contributed by atoms with Crippen LogP contribution in [0.3, 0.4) is 0 Å². The first-order valence-electron chi connectivity index (χ1n) is 13.2. The molecule has 5 rings (SSSR count). The van der Waals surface area contributed by atoms with E-state index in [4.69, 9.17) is 4.74 Å². The monoisotopic (exact) mass is 589 g/mol. The normalized spacial score (nSPS) is 16.9. The maximum Gasteiger partial charge on any atom is 0.316 e. The molecule has 3 aromatic rings. The summed E-state index contributed by atoms with van der Waals surface area (Å²) in [5.74, 6) is -2.02. The summed E-state index contributed by atoms with van der Waals surface area (Å²) < 4.78 is 62.2. The summed E-state index contributed by atoms with van der Waals surface area (Å²) in [6.45, 7) is 3.10. The minimum absolute atomic E-state index is 0.00780. The molecule has 1 saturated heterocycles. The number of piperazine rings is 1. The van der Waals surface area contributed by atoms with E-state index in [1.165, 1.54) is 34.8 Å². The highest BCUT2D eigenvalue weighted by Gasteiger charge is 2.42. The van der Waals surface area contributed by atoms with E-state index in [-0.39, 0.29) is 54.5 Å². The van der Waals surface area contributed by atoms with Gasteiger partial charge in [-0.15, -0.1) is 0 Å². The second kappa shape index (κ2) is 11.2. The Labute approximate surface area is 235 Å². The lowest BCUT2D eigenvalue weighted by atomic mass is 10.1. The molecule has 2 aromatic carbocycles. The lowest BCUT2D eigenvalue weighted by Crippen LogP contribution is -2.49. The van der Waals surface area contributed by atoms with Crippen LogP contribution in [0, 0.1) is 27.2 Å². The first-order valence-corrected chi connectivity index (χ1v) is 14.8. The summed E-state index contributed by atoms with van der Waals surface area (Å²) in [6, 6.07) is 8.08. The van der Waals surface area contributed by atoms with Gasteiger partial charge in [-0.2, -0.15) is 14.1 Å². The number of rotatable bonds is 10. The van der Waals surface area contributed by atoms with Crippen molar-refractivity contribution < 1.29 is 26.9 Å². The molecule has 0 spiro atoms. The number of nitro groups is 1. The van der Waals surface area contributed by atoms with Crippen molar-refractivity contribution in [3.05, 3.63) is 86.3 Å². The number of non-ortho nitro benzene ring substituents is 1. The predicted octanol–water partition coefficient (Wildman–Crippen LogP) is 3.64. The fourth-order valence-electron chi connectivity index (χ4n) is 4.86. The largest absolute Gasteiger partial charge is 0.486 e. The minimum Gasteiger partial charge on any atom is -0.486 e. The van der Waals surface area contributed by atoms with Gasteiger partial charge < -0.3 is 9.64 Å². The van der Waals surface area contributed by atoms with Crippen molar-refractivity contribution in [3.63, 3.8) is 0 Å². The Morgan fingerprint density at radius 3 is 2.24 bits per heavy atom. The van der Waals surface area contributed by atoms with Crippen LogP contribution in [0.25, 0.3) is 5.69 Å². The molecule has 2 fully saturated rings. The van der Waals surface area contributed by atoms with Crippen molar-refractivity contribution in [1.82, 2.24) is 14.1 Å². The molecule has 0 atom stereocenters. The molecule has 1 aliphatic carbocycles. The number of hydrogen-bond donors (Lipinski definition) is 0. The van der Waals surface area contributed by atoms with Gasteiger partial charge in [0.1, 0.15) is 17.3 Å². The number of halogens is 2. The van der Waals surface area contributed by atoms with Gasteiger partial charge in [0.2, 0.25) is 15.8 Å². The zero-order valence-corrected chi connectivity index (χ0v) is 23.1. The second-order valence-corrected chi connectivity index (χ2v) is 12.4. The summed E-state index contributed by atoms with van der Waals surface area (Å²) in [6.07, 6.45) is 4.21. The second-order valence-electron chi connectivity index (χ2n) is 10.4. The van der Waals surface area contributed by atoms with Crippen LogP contribution in [-0.2, 0) is 15.8 Å². The van der Waals surface area contributed by atoms with Crippen LogP contribution in [0.1, 0.15) is 31.7 Å². The van der Waals surface area contributed by atoms with Gasteiger partial charge in [0, 0.05) is 49.8 Å². The van der Waals surface area contributed by atoms with Crippen LogP contribution in [0.15, 0.2) is 53.5 Å². The lowest BCUT2D eigenvalue weighted by Gasteiger charge is -2.35. The SMILES string of the molecule is CCC1(COc2c(N3CCN(S(=O)(=O)Cc4ccc([N+](=O)[O-])cc4)CC3)cnn(-c3cc(F)cc(F)c3)c2=O)CC1. The number of sulfonamides is 1. The molecular weight excluding hydrogens is 560 g/mol. The standard InChI is InChI=1S/C27H29F2N5O6S/c1-2-27(7-8-27)18-40-25-24(16-30-33(26(25)35)23-14-20(28)13-21(29)15-23)31-9-11-32(12-10-31)41(38,39)17-19-3-5-22(6-4-19)34(36)37/h3-6,13-16H,2,7-12,17-18H2,1H3. The van der Waals surface area contributed by atoms with Gasteiger partial charge in [0.25, 0.3) is 5.69 Å². The third kappa shape index (κ3) is 6.22. The molecule has 1 aromatic heterocycles. The van der Waals surface area contributed by atoms with Crippen molar-refractivity contribution >= 4 is 21.4 Å². The number of anilines is 1. The summed E-state index contributed by atoms with van der Waals surface area (Å²) >= 11 is 0. The quantitative estimate of drug-likeness (QED) is 0.259. The predicted molar refractivity (Wildman–Crippen MR) is 147 cm³/mol. The molecule has 41 heavy (non-hydrogen) atoms. The summed E-state index contributed by atoms with van der Waals surface area (Å²) in [5, 5.41) is 15.0. The number of nitro benzene ring substituents is 1. The number of hydrogen-bond acceptors (Lipinski definition) is 8. The number of nitrogens with zero attached hydrogens (tertiary/aromatic N) is 5. The number of aromatic nitrogens is 2. The molecular formula is C27H29F2N5O6S. The zero-order valence-electron chi connectivity index (χ0n) is 22.3. The molecule has 0 bridgehead atoms. The fourth-order valence-corrected chi connectivity index (χ4v) is 6.38. The van der Waals surface area contributed by atoms with E-state index in [1.807, 2.05) is 11.8 Å². The summed E-state index contributed by atoms with van der Waals surface area (Å²) in [4.78, 5) is 25.7. The summed E-state index contributed by atoms with van der Waals surface area (Å²) in [5.41, 5.74) is -0.0895. The highest BCUT2D eigenvalue weighted by Crippen LogP contribution is 2.49. The van der Waals surface area contributed by atoms with Crippen LogP contribution in [0.5, 0.6) is 5.75 Å². The maximum absolute atomic E-state index is 13.9. The van der Waals surface area contributed by atoms with Crippen LogP contribution < -0.4 is 15.2 Å². The highest BCUT2D eigenvalue weighted by atomic mass is 32.2. The van der Waals surface area contributed by atoms with Gasteiger partial charge in [-0.3, -0.25) is 14.9 Å².